The summed E-state index contributed by atoms with van der Waals surface area (Å²) in [5.74, 6) is 0.942. The van der Waals surface area contributed by atoms with Crippen LogP contribution in [0.5, 0.6) is 0 Å². The SMILES string of the molecule is O=C(O)NN1CCN(c2ccccn2)CC1. The molecule has 0 aliphatic carbocycles. The van der Waals surface area contributed by atoms with E-state index in [-0.39, 0.29) is 0 Å². The second kappa shape index (κ2) is 4.80. The Hall–Kier alpha value is -1.82. The molecule has 0 atom stereocenters. The third kappa shape index (κ3) is 2.60. The Morgan fingerprint density at radius 1 is 1.31 bits per heavy atom. The van der Waals surface area contributed by atoms with E-state index in [2.05, 4.69) is 15.3 Å². The number of nitrogens with zero attached hydrogens (tertiary/aromatic N) is 3. The van der Waals surface area contributed by atoms with Crippen molar-refractivity contribution in [1.29, 1.82) is 0 Å². The van der Waals surface area contributed by atoms with Crippen LogP contribution in [0.1, 0.15) is 0 Å². The lowest BCUT2D eigenvalue weighted by atomic mass is 10.3. The molecule has 1 aliphatic rings. The fraction of sp³-hybridized carbons (Fsp3) is 0.400. The zero-order valence-corrected chi connectivity index (χ0v) is 8.83. The van der Waals surface area contributed by atoms with Crippen LogP contribution < -0.4 is 10.3 Å². The Balaban J connectivity index is 1.88. The zero-order chi connectivity index (χ0) is 11.4. The number of aromatic nitrogens is 1. The van der Waals surface area contributed by atoms with E-state index in [9.17, 15) is 4.79 Å². The quantitative estimate of drug-likeness (QED) is 0.757. The highest BCUT2D eigenvalue weighted by Gasteiger charge is 2.18. The molecule has 6 heteroatoms. The summed E-state index contributed by atoms with van der Waals surface area (Å²) in [6.07, 6.45) is 0.753. The maximum absolute atomic E-state index is 10.4. The fourth-order valence-electron chi connectivity index (χ4n) is 1.72. The molecule has 86 valence electrons. The van der Waals surface area contributed by atoms with Crippen molar-refractivity contribution in [3.63, 3.8) is 0 Å². The Morgan fingerprint density at radius 3 is 2.62 bits per heavy atom. The molecule has 0 bridgehead atoms. The molecule has 16 heavy (non-hydrogen) atoms. The first-order valence-corrected chi connectivity index (χ1v) is 5.16. The first-order chi connectivity index (χ1) is 7.75. The molecular formula is C10H14N4O2. The first-order valence-electron chi connectivity index (χ1n) is 5.16. The van der Waals surface area contributed by atoms with E-state index in [0.29, 0.717) is 13.1 Å². The van der Waals surface area contributed by atoms with E-state index in [1.54, 1.807) is 11.2 Å². The van der Waals surface area contributed by atoms with Crippen LogP contribution in [0.4, 0.5) is 10.6 Å². The summed E-state index contributed by atoms with van der Waals surface area (Å²) < 4.78 is 0. The molecule has 1 fully saturated rings. The van der Waals surface area contributed by atoms with E-state index < -0.39 is 6.09 Å². The molecule has 0 saturated carbocycles. The number of pyridine rings is 1. The van der Waals surface area contributed by atoms with Crippen LogP contribution in [-0.4, -0.2) is 47.4 Å². The van der Waals surface area contributed by atoms with Gasteiger partial charge in [-0.2, -0.15) is 0 Å². The minimum Gasteiger partial charge on any atom is -0.464 e. The van der Waals surface area contributed by atoms with Crippen LogP contribution in [0, 0.1) is 0 Å². The second-order valence-electron chi connectivity index (χ2n) is 3.58. The predicted octanol–water partition coefficient (Wildman–Crippen LogP) is 0.386. The van der Waals surface area contributed by atoms with Crippen molar-refractivity contribution in [3.05, 3.63) is 24.4 Å². The molecule has 2 heterocycles. The summed E-state index contributed by atoms with van der Waals surface area (Å²) in [5, 5.41) is 10.3. The van der Waals surface area contributed by atoms with Gasteiger partial charge in [0, 0.05) is 32.4 Å². The van der Waals surface area contributed by atoms with Gasteiger partial charge in [0.2, 0.25) is 0 Å². The van der Waals surface area contributed by atoms with Crippen LogP contribution in [0.3, 0.4) is 0 Å². The Morgan fingerprint density at radius 2 is 2.06 bits per heavy atom. The zero-order valence-electron chi connectivity index (χ0n) is 8.83. The van der Waals surface area contributed by atoms with E-state index in [0.717, 1.165) is 18.9 Å². The maximum atomic E-state index is 10.4. The highest BCUT2D eigenvalue weighted by Crippen LogP contribution is 2.11. The molecule has 6 nitrogen and oxygen atoms in total. The van der Waals surface area contributed by atoms with Gasteiger partial charge in [-0.1, -0.05) is 6.07 Å². The van der Waals surface area contributed by atoms with Crippen LogP contribution in [-0.2, 0) is 0 Å². The van der Waals surface area contributed by atoms with Gasteiger partial charge in [0.1, 0.15) is 5.82 Å². The van der Waals surface area contributed by atoms with Crippen molar-refractivity contribution in [2.24, 2.45) is 0 Å². The molecule has 1 saturated heterocycles. The van der Waals surface area contributed by atoms with Gasteiger partial charge < -0.3 is 10.0 Å². The normalized spacial score (nSPS) is 17.1. The molecule has 1 aromatic rings. The van der Waals surface area contributed by atoms with Crippen molar-refractivity contribution in [1.82, 2.24) is 15.4 Å². The summed E-state index contributed by atoms with van der Waals surface area (Å²) in [7, 11) is 0. The second-order valence-corrected chi connectivity index (χ2v) is 3.58. The topological polar surface area (TPSA) is 68.7 Å². The molecule has 0 spiro atoms. The Kier molecular flexibility index (Phi) is 3.21. The van der Waals surface area contributed by atoms with Gasteiger partial charge in [0.05, 0.1) is 0 Å². The van der Waals surface area contributed by atoms with Gasteiger partial charge in [-0.25, -0.2) is 14.8 Å². The average molecular weight is 222 g/mol. The lowest BCUT2D eigenvalue weighted by Gasteiger charge is -2.34. The number of anilines is 1. The van der Waals surface area contributed by atoms with Gasteiger partial charge in [0.25, 0.3) is 0 Å². The number of nitrogens with one attached hydrogen (secondary N) is 1. The monoisotopic (exact) mass is 222 g/mol. The third-order valence-corrected chi connectivity index (χ3v) is 2.51. The minimum absolute atomic E-state index is 0.670. The van der Waals surface area contributed by atoms with Gasteiger partial charge in [0.15, 0.2) is 0 Å². The number of rotatable bonds is 2. The largest absolute Gasteiger partial charge is 0.464 e. The molecule has 1 aliphatic heterocycles. The van der Waals surface area contributed by atoms with Crippen molar-refractivity contribution >= 4 is 11.9 Å². The lowest BCUT2D eigenvalue weighted by Crippen LogP contribution is -2.53. The predicted molar refractivity (Wildman–Crippen MR) is 59.2 cm³/mol. The Labute approximate surface area is 93.5 Å². The molecule has 2 N–H and O–H groups in total. The minimum atomic E-state index is -1.01. The summed E-state index contributed by atoms with van der Waals surface area (Å²) in [4.78, 5) is 16.8. The van der Waals surface area contributed by atoms with Crippen molar-refractivity contribution in [2.75, 3.05) is 31.1 Å². The molecule has 2 rings (SSSR count). The smallest absolute Gasteiger partial charge is 0.419 e. The van der Waals surface area contributed by atoms with Gasteiger partial charge in [-0.3, -0.25) is 5.43 Å². The van der Waals surface area contributed by atoms with E-state index in [1.165, 1.54) is 0 Å². The maximum Gasteiger partial charge on any atom is 0.419 e. The van der Waals surface area contributed by atoms with E-state index >= 15 is 0 Å². The molecule has 0 aromatic carbocycles. The van der Waals surface area contributed by atoms with Crippen LogP contribution in [0.15, 0.2) is 24.4 Å². The Bertz CT molecular complexity index is 349. The summed E-state index contributed by atoms with van der Waals surface area (Å²) >= 11 is 0. The van der Waals surface area contributed by atoms with Crippen LogP contribution in [0.2, 0.25) is 0 Å². The number of hydrazine groups is 1. The van der Waals surface area contributed by atoms with Gasteiger partial charge >= 0.3 is 6.09 Å². The summed E-state index contributed by atoms with van der Waals surface area (Å²) in [5.41, 5.74) is 2.36. The highest BCUT2D eigenvalue weighted by atomic mass is 16.4. The molecule has 1 aromatic heterocycles. The van der Waals surface area contributed by atoms with Crippen molar-refractivity contribution in [3.8, 4) is 0 Å². The number of hydrogen-bond donors (Lipinski definition) is 2. The molecule has 0 radical (unpaired) electrons. The summed E-state index contributed by atoms with van der Waals surface area (Å²) in [6.45, 7) is 2.89. The fourth-order valence-corrected chi connectivity index (χ4v) is 1.72. The van der Waals surface area contributed by atoms with Crippen molar-refractivity contribution < 1.29 is 9.90 Å². The number of amides is 1. The highest BCUT2D eigenvalue weighted by molar-refractivity contribution is 5.63. The van der Waals surface area contributed by atoms with Crippen LogP contribution >= 0.6 is 0 Å². The number of piperazine rings is 1. The van der Waals surface area contributed by atoms with Gasteiger partial charge in [-0.15, -0.1) is 0 Å². The average Bonchev–Trinajstić information content (AvgIpc) is 2.30. The molecular weight excluding hydrogens is 208 g/mol. The molecule has 0 unspecified atom stereocenters. The van der Waals surface area contributed by atoms with Crippen LogP contribution in [0.25, 0.3) is 0 Å². The third-order valence-electron chi connectivity index (χ3n) is 2.51. The van der Waals surface area contributed by atoms with E-state index in [1.807, 2.05) is 18.2 Å². The van der Waals surface area contributed by atoms with Crippen molar-refractivity contribution in [2.45, 2.75) is 0 Å². The first kappa shape index (κ1) is 10.7. The number of hydrogen-bond acceptors (Lipinski definition) is 4. The number of carboxylic acid groups (broad SMARTS) is 1. The summed E-state index contributed by atoms with van der Waals surface area (Å²) in [6, 6.07) is 5.79. The molecule has 1 amide bonds. The van der Waals surface area contributed by atoms with Gasteiger partial charge in [-0.05, 0) is 12.1 Å². The van der Waals surface area contributed by atoms with E-state index in [4.69, 9.17) is 5.11 Å². The lowest BCUT2D eigenvalue weighted by molar-refractivity contribution is 0.134. The number of carbonyl (C=O) groups is 1. The standard InChI is InChI=1S/C10H14N4O2/c15-10(16)12-14-7-5-13(6-8-14)9-3-1-2-4-11-9/h1-4,12H,5-8H2,(H,15,16).